The number of pyridine rings is 1. The van der Waals surface area contributed by atoms with E-state index in [1.54, 1.807) is 36.3 Å². The lowest BCUT2D eigenvalue weighted by Gasteiger charge is -2.14. The van der Waals surface area contributed by atoms with Crippen molar-refractivity contribution in [2.45, 2.75) is 13.2 Å². The molecule has 0 fully saturated rings. The van der Waals surface area contributed by atoms with Gasteiger partial charge in [0.05, 0.1) is 17.4 Å². The standard InChI is InChI=1S/C12H17N5O2/c1-3-19-12(18)8-7-15-17(2)11(8)16-10-9(13)5-4-6-14-10/h4-7,12,18H,3,13H2,1-2H3,(H,14,16). The van der Waals surface area contributed by atoms with Gasteiger partial charge in [-0.25, -0.2) is 4.98 Å². The van der Waals surface area contributed by atoms with Crippen LogP contribution in [-0.2, 0) is 11.8 Å². The van der Waals surface area contributed by atoms with Gasteiger partial charge in [-0.1, -0.05) is 0 Å². The number of aliphatic hydroxyl groups is 1. The zero-order chi connectivity index (χ0) is 13.8. The Kier molecular flexibility index (Phi) is 3.98. The van der Waals surface area contributed by atoms with Crippen molar-refractivity contribution in [3.8, 4) is 0 Å². The first-order valence-corrected chi connectivity index (χ1v) is 5.92. The molecule has 0 saturated carbocycles. The summed E-state index contributed by atoms with van der Waals surface area (Å²) in [6.07, 6.45) is 2.14. The summed E-state index contributed by atoms with van der Waals surface area (Å²) < 4.78 is 6.75. The Hall–Kier alpha value is -2.12. The first-order valence-electron chi connectivity index (χ1n) is 5.92. The van der Waals surface area contributed by atoms with Crippen LogP contribution in [0.15, 0.2) is 24.5 Å². The normalized spacial score (nSPS) is 12.4. The van der Waals surface area contributed by atoms with E-state index < -0.39 is 6.29 Å². The molecule has 19 heavy (non-hydrogen) atoms. The third kappa shape index (κ3) is 2.83. The number of nitrogens with two attached hydrogens (primary N) is 1. The van der Waals surface area contributed by atoms with Gasteiger partial charge in [-0.2, -0.15) is 5.10 Å². The summed E-state index contributed by atoms with van der Waals surface area (Å²) >= 11 is 0. The highest BCUT2D eigenvalue weighted by Crippen LogP contribution is 2.27. The second-order valence-electron chi connectivity index (χ2n) is 3.95. The summed E-state index contributed by atoms with van der Waals surface area (Å²) in [5.41, 5.74) is 6.87. The number of rotatable bonds is 5. The molecule has 0 spiro atoms. The van der Waals surface area contributed by atoms with Crippen molar-refractivity contribution < 1.29 is 9.84 Å². The molecule has 2 heterocycles. The van der Waals surface area contributed by atoms with Gasteiger partial charge >= 0.3 is 0 Å². The van der Waals surface area contributed by atoms with Gasteiger partial charge in [0, 0.05) is 19.9 Å². The maximum absolute atomic E-state index is 9.89. The number of hydrogen-bond donors (Lipinski definition) is 3. The number of aliphatic hydroxyl groups excluding tert-OH is 1. The van der Waals surface area contributed by atoms with Gasteiger partial charge in [0.25, 0.3) is 0 Å². The fourth-order valence-corrected chi connectivity index (χ4v) is 1.67. The van der Waals surface area contributed by atoms with E-state index in [0.717, 1.165) is 0 Å². The van der Waals surface area contributed by atoms with Crippen molar-refractivity contribution in [3.05, 3.63) is 30.1 Å². The maximum Gasteiger partial charge on any atom is 0.186 e. The van der Waals surface area contributed by atoms with Crippen molar-refractivity contribution >= 4 is 17.3 Å². The van der Waals surface area contributed by atoms with E-state index in [-0.39, 0.29) is 0 Å². The first-order chi connectivity index (χ1) is 9.13. The molecule has 1 atom stereocenters. The Morgan fingerprint density at radius 1 is 1.58 bits per heavy atom. The molecule has 0 bridgehead atoms. The van der Waals surface area contributed by atoms with Gasteiger partial charge in [0.2, 0.25) is 0 Å². The Labute approximate surface area is 111 Å². The Morgan fingerprint density at radius 3 is 3.05 bits per heavy atom. The van der Waals surface area contributed by atoms with Gasteiger partial charge in [-0.15, -0.1) is 0 Å². The molecule has 0 aliphatic carbocycles. The maximum atomic E-state index is 9.89. The van der Waals surface area contributed by atoms with Crippen LogP contribution < -0.4 is 11.1 Å². The van der Waals surface area contributed by atoms with E-state index in [0.29, 0.717) is 29.5 Å². The average molecular weight is 263 g/mol. The van der Waals surface area contributed by atoms with Gasteiger partial charge in [-0.3, -0.25) is 4.68 Å². The quantitative estimate of drug-likeness (QED) is 0.700. The third-order valence-electron chi connectivity index (χ3n) is 2.63. The van der Waals surface area contributed by atoms with Crippen molar-refractivity contribution in [3.63, 3.8) is 0 Å². The smallest absolute Gasteiger partial charge is 0.186 e. The zero-order valence-electron chi connectivity index (χ0n) is 10.9. The highest BCUT2D eigenvalue weighted by molar-refractivity contribution is 5.68. The summed E-state index contributed by atoms with van der Waals surface area (Å²) in [6, 6.07) is 3.49. The summed E-state index contributed by atoms with van der Waals surface area (Å²) in [5.74, 6) is 1.10. The molecule has 2 rings (SSSR count). The van der Waals surface area contributed by atoms with Crippen LogP contribution in [0.1, 0.15) is 18.8 Å². The van der Waals surface area contributed by atoms with E-state index in [1.807, 2.05) is 6.92 Å². The van der Waals surface area contributed by atoms with Crippen LogP contribution in [0.4, 0.5) is 17.3 Å². The second-order valence-corrected chi connectivity index (χ2v) is 3.95. The minimum Gasteiger partial charge on any atom is -0.396 e. The fraction of sp³-hybridized carbons (Fsp3) is 0.333. The minimum absolute atomic E-state index is 0.404. The topological polar surface area (TPSA) is 98.2 Å². The highest BCUT2D eigenvalue weighted by Gasteiger charge is 2.17. The molecular weight excluding hydrogens is 246 g/mol. The van der Waals surface area contributed by atoms with Crippen LogP contribution in [0, 0.1) is 0 Å². The number of ether oxygens (including phenoxy) is 1. The minimum atomic E-state index is -1.04. The van der Waals surface area contributed by atoms with Gasteiger partial charge < -0.3 is 20.9 Å². The first kappa shape index (κ1) is 13.3. The molecule has 2 aromatic rings. The van der Waals surface area contributed by atoms with Crippen LogP contribution >= 0.6 is 0 Å². The molecule has 7 heteroatoms. The number of aromatic nitrogens is 3. The molecule has 0 saturated heterocycles. The van der Waals surface area contributed by atoms with Gasteiger partial charge in [0.15, 0.2) is 12.1 Å². The van der Waals surface area contributed by atoms with Gasteiger partial charge in [-0.05, 0) is 19.1 Å². The lowest BCUT2D eigenvalue weighted by atomic mass is 10.3. The number of nitrogen functional groups attached to an aromatic ring is 1. The van der Waals surface area contributed by atoms with E-state index in [9.17, 15) is 5.11 Å². The van der Waals surface area contributed by atoms with E-state index >= 15 is 0 Å². The number of aryl methyl sites for hydroxylation is 1. The Bertz CT molecular complexity index is 555. The molecule has 0 aromatic carbocycles. The Balaban J connectivity index is 2.30. The number of nitrogens with one attached hydrogen (secondary N) is 1. The molecule has 4 N–H and O–H groups in total. The largest absolute Gasteiger partial charge is 0.396 e. The fourth-order valence-electron chi connectivity index (χ4n) is 1.67. The van der Waals surface area contributed by atoms with Crippen LogP contribution in [0.25, 0.3) is 0 Å². The lowest BCUT2D eigenvalue weighted by Crippen LogP contribution is -2.08. The van der Waals surface area contributed by atoms with Crippen LogP contribution in [0.2, 0.25) is 0 Å². The molecular formula is C12H17N5O2. The van der Waals surface area contributed by atoms with Crippen molar-refractivity contribution in [2.75, 3.05) is 17.7 Å². The lowest BCUT2D eigenvalue weighted by molar-refractivity contribution is -0.0975. The molecule has 102 valence electrons. The number of nitrogens with zero attached hydrogens (tertiary/aromatic N) is 3. The van der Waals surface area contributed by atoms with Crippen molar-refractivity contribution in [2.24, 2.45) is 7.05 Å². The summed E-state index contributed by atoms with van der Waals surface area (Å²) in [6.45, 7) is 2.21. The van der Waals surface area contributed by atoms with Crippen molar-refractivity contribution in [1.82, 2.24) is 14.8 Å². The van der Waals surface area contributed by atoms with Crippen LogP contribution in [0.5, 0.6) is 0 Å². The second kappa shape index (κ2) is 5.68. The van der Waals surface area contributed by atoms with Crippen LogP contribution in [-0.4, -0.2) is 26.5 Å². The molecule has 0 radical (unpaired) electrons. The molecule has 7 nitrogen and oxygen atoms in total. The predicted octanol–water partition coefficient (Wildman–Crippen LogP) is 1.17. The zero-order valence-corrected chi connectivity index (χ0v) is 10.9. The highest BCUT2D eigenvalue weighted by atomic mass is 16.6. The summed E-state index contributed by atoms with van der Waals surface area (Å²) in [5, 5.41) is 17.0. The monoisotopic (exact) mass is 263 g/mol. The summed E-state index contributed by atoms with van der Waals surface area (Å²) in [7, 11) is 1.75. The Morgan fingerprint density at radius 2 is 2.37 bits per heavy atom. The molecule has 0 aliphatic rings. The number of anilines is 3. The van der Waals surface area contributed by atoms with E-state index in [4.69, 9.17) is 10.5 Å². The predicted molar refractivity (Wildman–Crippen MR) is 71.7 cm³/mol. The average Bonchev–Trinajstić information content (AvgIpc) is 2.74. The van der Waals surface area contributed by atoms with E-state index in [2.05, 4.69) is 15.4 Å². The molecule has 1 unspecified atom stereocenters. The van der Waals surface area contributed by atoms with E-state index in [1.165, 1.54) is 0 Å². The third-order valence-corrected chi connectivity index (χ3v) is 2.63. The molecule has 0 aliphatic heterocycles. The SMILES string of the molecule is CCOC(O)c1cnn(C)c1Nc1ncccc1N. The van der Waals surface area contributed by atoms with Crippen LogP contribution in [0.3, 0.4) is 0 Å². The molecule has 2 aromatic heterocycles. The summed E-state index contributed by atoms with van der Waals surface area (Å²) in [4.78, 5) is 4.14. The number of hydrogen-bond acceptors (Lipinski definition) is 6. The van der Waals surface area contributed by atoms with Gasteiger partial charge in [0.1, 0.15) is 5.82 Å². The van der Waals surface area contributed by atoms with Crippen molar-refractivity contribution in [1.29, 1.82) is 0 Å². The molecule has 0 amide bonds.